The minimum absolute atomic E-state index is 0.0786. The van der Waals surface area contributed by atoms with Crippen LogP contribution < -0.4 is 16.0 Å². The molecule has 5 N–H and O–H groups in total. The molecule has 0 aromatic heterocycles. The molecule has 1 aromatic carbocycles. The molecule has 0 aliphatic heterocycles. The molecule has 29 heavy (non-hydrogen) atoms. The summed E-state index contributed by atoms with van der Waals surface area (Å²) in [5, 5.41) is 26.1. The summed E-state index contributed by atoms with van der Waals surface area (Å²) in [6, 6.07) is 5.32. The van der Waals surface area contributed by atoms with Crippen molar-refractivity contribution >= 4 is 35.3 Å². The van der Waals surface area contributed by atoms with Gasteiger partial charge in [-0.25, -0.2) is 0 Å². The number of rotatable bonds is 13. The highest BCUT2D eigenvalue weighted by Crippen LogP contribution is 2.22. The number of halogens is 2. The van der Waals surface area contributed by atoms with Gasteiger partial charge in [-0.05, 0) is 49.6 Å². The number of nitrogens with one attached hydrogen (secondary N) is 4. The van der Waals surface area contributed by atoms with Crippen LogP contribution in [0.25, 0.3) is 0 Å². The highest BCUT2D eigenvalue weighted by atomic mass is 35.5. The lowest BCUT2D eigenvalue weighted by atomic mass is 10.2. The Labute approximate surface area is 181 Å². The number of ether oxygens (including phenoxy) is 1. The quantitative estimate of drug-likeness (QED) is 0.183. The van der Waals surface area contributed by atoms with Gasteiger partial charge in [0.05, 0.1) is 16.7 Å². The van der Waals surface area contributed by atoms with Crippen molar-refractivity contribution in [1.82, 2.24) is 16.0 Å². The standard InChI is InChI=1S/C20H28Cl2N4O3/c1-3-18(25-13-15-5-6-16(21)17(22)11-15)26-20(28)19(14(2)12-23)24-7-10-29-9-4-8-27/h3,5-6,11-12,23-25,27H,4,7-10,13H2,1-2H3,(H,26,28)/b18-3?,19-14-,23-12?. The maximum Gasteiger partial charge on any atom is 0.273 e. The van der Waals surface area contributed by atoms with Gasteiger partial charge in [0, 0.05) is 32.5 Å². The smallest absolute Gasteiger partial charge is 0.273 e. The van der Waals surface area contributed by atoms with Crippen LogP contribution in [-0.2, 0) is 16.1 Å². The van der Waals surface area contributed by atoms with Gasteiger partial charge in [-0.3, -0.25) is 4.79 Å². The summed E-state index contributed by atoms with van der Waals surface area (Å²) in [4.78, 5) is 12.7. The molecule has 0 heterocycles. The second-order valence-corrected chi connectivity index (χ2v) is 6.89. The van der Waals surface area contributed by atoms with Crippen LogP contribution in [0, 0.1) is 5.41 Å². The number of aliphatic hydroxyl groups excluding tert-OH is 1. The summed E-state index contributed by atoms with van der Waals surface area (Å²) in [6.07, 6.45) is 3.43. The van der Waals surface area contributed by atoms with Crippen LogP contribution in [0.5, 0.6) is 0 Å². The van der Waals surface area contributed by atoms with E-state index in [1.165, 1.54) is 0 Å². The summed E-state index contributed by atoms with van der Waals surface area (Å²) < 4.78 is 5.35. The van der Waals surface area contributed by atoms with E-state index < -0.39 is 0 Å². The van der Waals surface area contributed by atoms with Gasteiger partial charge in [0.15, 0.2) is 0 Å². The Balaban J connectivity index is 2.63. The SMILES string of the molecule is CC=C(NCc1ccc(Cl)c(Cl)c1)NC(=O)/C(NCCOCCCO)=C(\C)C=N. The maximum atomic E-state index is 12.7. The first-order valence-corrected chi connectivity index (χ1v) is 9.97. The van der Waals surface area contributed by atoms with E-state index in [0.29, 0.717) is 59.9 Å². The van der Waals surface area contributed by atoms with Crippen molar-refractivity contribution < 1.29 is 14.6 Å². The molecular weight excluding hydrogens is 415 g/mol. The first kappa shape index (κ1) is 25.0. The lowest BCUT2D eigenvalue weighted by molar-refractivity contribution is -0.117. The van der Waals surface area contributed by atoms with Crippen molar-refractivity contribution in [3.8, 4) is 0 Å². The summed E-state index contributed by atoms with van der Waals surface area (Å²) in [5.74, 6) is 0.161. The molecular formula is C20H28Cl2N4O3. The Hall–Kier alpha value is -2.06. The molecule has 0 saturated heterocycles. The average Bonchev–Trinajstić information content (AvgIpc) is 2.72. The molecule has 0 unspecified atom stereocenters. The summed E-state index contributed by atoms with van der Waals surface area (Å²) in [5.41, 5.74) is 1.71. The molecule has 1 aromatic rings. The zero-order valence-electron chi connectivity index (χ0n) is 16.6. The van der Waals surface area contributed by atoms with E-state index in [1.807, 2.05) is 6.07 Å². The van der Waals surface area contributed by atoms with Crippen molar-refractivity contribution in [3.63, 3.8) is 0 Å². The molecule has 160 valence electrons. The molecule has 0 fully saturated rings. The maximum absolute atomic E-state index is 12.7. The zero-order chi connectivity index (χ0) is 21.6. The molecule has 1 rings (SSSR count). The Bertz CT molecular complexity index is 751. The predicted octanol–water partition coefficient (Wildman–Crippen LogP) is 2.97. The van der Waals surface area contributed by atoms with Crippen LogP contribution in [0.2, 0.25) is 10.0 Å². The number of allylic oxidation sites excluding steroid dienone is 2. The monoisotopic (exact) mass is 442 g/mol. The summed E-state index contributed by atoms with van der Waals surface area (Å²) in [6.45, 7) is 5.25. The van der Waals surface area contributed by atoms with Gasteiger partial charge < -0.3 is 31.2 Å². The molecule has 9 heteroatoms. The molecule has 0 aliphatic carbocycles. The lowest BCUT2D eigenvalue weighted by Crippen LogP contribution is -2.37. The molecule has 0 bridgehead atoms. The number of benzene rings is 1. The van der Waals surface area contributed by atoms with Crippen LogP contribution >= 0.6 is 23.2 Å². The third kappa shape index (κ3) is 9.32. The van der Waals surface area contributed by atoms with Gasteiger partial charge in [0.25, 0.3) is 5.91 Å². The van der Waals surface area contributed by atoms with E-state index in [-0.39, 0.29) is 12.5 Å². The summed E-state index contributed by atoms with van der Waals surface area (Å²) in [7, 11) is 0. The molecule has 0 spiro atoms. The lowest BCUT2D eigenvalue weighted by Gasteiger charge is -2.16. The van der Waals surface area contributed by atoms with Gasteiger partial charge >= 0.3 is 0 Å². The van der Waals surface area contributed by atoms with E-state index in [2.05, 4.69) is 16.0 Å². The largest absolute Gasteiger partial charge is 0.396 e. The van der Waals surface area contributed by atoms with Gasteiger partial charge in [0.2, 0.25) is 0 Å². The van der Waals surface area contributed by atoms with Gasteiger partial charge in [-0.2, -0.15) is 0 Å². The van der Waals surface area contributed by atoms with Crippen LogP contribution in [0.15, 0.2) is 41.4 Å². The van der Waals surface area contributed by atoms with Gasteiger partial charge in [0.1, 0.15) is 11.5 Å². The van der Waals surface area contributed by atoms with Crippen molar-refractivity contribution in [2.24, 2.45) is 0 Å². The number of amides is 1. The molecule has 0 aliphatic rings. The Morgan fingerprint density at radius 3 is 2.62 bits per heavy atom. The van der Waals surface area contributed by atoms with Crippen LogP contribution in [-0.4, -0.2) is 43.6 Å². The minimum Gasteiger partial charge on any atom is -0.396 e. The Morgan fingerprint density at radius 1 is 1.24 bits per heavy atom. The van der Waals surface area contributed by atoms with E-state index in [4.69, 9.17) is 38.5 Å². The van der Waals surface area contributed by atoms with E-state index >= 15 is 0 Å². The van der Waals surface area contributed by atoms with Crippen molar-refractivity contribution in [1.29, 1.82) is 5.41 Å². The van der Waals surface area contributed by atoms with Gasteiger partial charge in [-0.15, -0.1) is 0 Å². The molecule has 1 amide bonds. The Kier molecular flexibility index (Phi) is 12.1. The number of aliphatic hydroxyl groups is 1. The number of hydrogen-bond acceptors (Lipinski definition) is 6. The molecule has 0 saturated carbocycles. The first-order valence-electron chi connectivity index (χ1n) is 9.22. The molecule has 0 radical (unpaired) electrons. The average molecular weight is 443 g/mol. The Morgan fingerprint density at radius 2 is 2.00 bits per heavy atom. The topological polar surface area (TPSA) is 106 Å². The fraction of sp³-hybridized carbons (Fsp3) is 0.400. The predicted molar refractivity (Wildman–Crippen MR) is 117 cm³/mol. The summed E-state index contributed by atoms with van der Waals surface area (Å²) >= 11 is 11.9. The van der Waals surface area contributed by atoms with Gasteiger partial charge in [-0.1, -0.05) is 29.3 Å². The molecule has 0 atom stereocenters. The van der Waals surface area contributed by atoms with Crippen LogP contribution in [0.4, 0.5) is 0 Å². The second kappa shape index (κ2) is 14.0. The minimum atomic E-state index is -0.365. The van der Waals surface area contributed by atoms with Crippen molar-refractivity contribution in [2.45, 2.75) is 26.8 Å². The number of carbonyl (C=O) groups is 1. The highest BCUT2D eigenvalue weighted by Gasteiger charge is 2.13. The second-order valence-electron chi connectivity index (χ2n) is 6.08. The van der Waals surface area contributed by atoms with Crippen LogP contribution in [0.1, 0.15) is 25.8 Å². The highest BCUT2D eigenvalue weighted by molar-refractivity contribution is 6.42. The fourth-order valence-corrected chi connectivity index (χ4v) is 2.56. The van der Waals surface area contributed by atoms with E-state index in [1.54, 1.807) is 32.1 Å². The number of hydrogen-bond donors (Lipinski definition) is 5. The number of carbonyl (C=O) groups excluding carboxylic acids is 1. The third-order valence-electron chi connectivity index (χ3n) is 3.84. The zero-order valence-corrected chi connectivity index (χ0v) is 18.2. The van der Waals surface area contributed by atoms with E-state index in [0.717, 1.165) is 11.8 Å². The normalized spacial score (nSPS) is 12.2. The van der Waals surface area contributed by atoms with Crippen molar-refractivity contribution in [2.75, 3.05) is 26.4 Å². The van der Waals surface area contributed by atoms with E-state index in [9.17, 15) is 4.79 Å². The first-order chi connectivity index (χ1) is 13.9. The van der Waals surface area contributed by atoms with Crippen LogP contribution in [0.3, 0.4) is 0 Å². The third-order valence-corrected chi connectivity index (χ3v) is 4.58. The van der Waals surface area contributed by atoms with Crippen molar-refractivity contribution in [3.05, 3.63) is 57.0 Å². The molecule has 7 nitrogen and oxygen atoms in total. The fourth-order valence-electron chi connectivity index (χ4n) is 2.24.